The van der Waals surface area contributed by atoms with Crippen LogP contribution in [0.4, 0.5) is 0 Å². The van der Waals surface area contributed by atoms with Gasteiger partial charge in [-0.1, -0.05) is 31.2 Å². The second-order valence-corrected chi connectivity index (χ2v) is 6.65. The van der Waals surface area contributed by atoms with Crippen LogP contribution in [0.2, 0.25) is 0 Å². The van der Waals surface area contributed by atoms with Crippen LogP contribution in [0.1, 0.15) is 30.2 Å². The fourth-order valence-corrected chi connectivity index (χ4v) is 3.14. The monoisotopic (exact) mass is 355 g/mol. The van der Waals surface area contributed by atoms with Crippen molar-refractivity contribution in [1.82, 2.24) is 10.6 Å². The fraction of sp³-hybridized carbons (Fsp3) is 0.476. The highest BCUT2D eigenvalue weighted by Crippen LogP contribution is 2.12. The van der Waals surface area contributed by atoms with Crippen LogP contribution in [0.25, 0.3) is 0 Å². The molecule has 1 atom stereocenters. The number of guanidine groups is 1. The highest BCUT2D eigenvalue weighted by Gasteiger charge is 2.15. The molecule has 140 valence electrons. The van der Waals surface area contributed by atoms with Gasteiger partial charge in [0.1, 0.15) is 5.76 Å². The molecule has 0 spiro atoms. The van der Waals surface area contributed by atoms with Crippen LogP contribution in [0, 0.1) is 5.92 Å². The normalized spacial score (nSPS) is 17.4. The zero-order chi connectivity index (χ0) is 18.0. The Hall–Kier alpha value is -2.27. The predicted molar refractivity (Wildman–Crippen MR) is 104 cm³/mol. The summed E-state index contributed by atoms with van der Waals surface area (Å²) < 4.78 is 10.9. The van der Waals surface area contributed by atoms with Crippen molar-refractivity contribution in [3.63, 3.8) is 0 Å². The average Bonchev–Trinajstić information content (AvgIpc) is 3.37. The number of furan rings is 1. The first kappa shape index (κ1) is 18.5. The summed E-state index contributed by atoms with van der Waals surface area (Å²) in [6.07, 6.45) is 4.70. The Balaban J connectivity index is 1.58. The minimum atomic E-state index is 0.565. The van der Waals surface area contributed by atoms with Crippen LogP contribution >= 0.6 is 0 Å². The number of aryl methyl sites for hydroxylation is 1. The number of nitrogens with one attached hydrogen (secondary N) is 2. The lowest BCUT2D eigenvalue weighted by Gasteiger charge is -2.15. The second kappa shape index (κ2) is 10.0. The van der Waals surface area contributed by atoms with Crippen LogP contribution in [0.3, 0.4) is 0 Å². The molecule has 2 aromatic rings. The number of hydrogen-bond acceptors (Lipinski definition) is 3. The number of nitrogens with zero attached hydrogens (tertiary/aromatic N) is 1. The molecule has 2 N–H and O–H groups in total. The smallest absolute Gasteiger partial charge is 0.191 e. The molecule has 0 amide bonds. The van der Waals surface area contributed by atoms with Gasteiger partial charge in [-0.2, -0.15) is 0 Å². The van der Waals surface area contributed by atoms with Crippen molar-refractivity contribution < 1.29 is 9.15 Å². The number of ether oxygens (including phenoxy) is 1. The van der Waals surface area contributed by atoms with Gasteiger partial charge in [-0.25, -0.2) is 4.99 Å². The topological polar surface area (TPSA) is 58.8 Å². The van der Waals surface area contributed by atoms with Crippen LogP contribution in [0.5, 0.6) is 0 Å². The Morgan fingerprint density at radius 1 is 1.15 bits per heavy atom. The molecule has 2 heterocycles. The molecule has 0 saturated carbocycles. The van der Waals surface area contributed by atoms with Crippen molar-refractivity contribution in [2.45, 2.75) is 32.7 Å². The maximum absolute atomic E-state index is 5.47. The first-order valence-electron chi connectivity index (χ1n) is 9.54. The van der Waals surface area contributed by atoms with E-state index in [9.17, 15) is 0 Å². The largest absolute Gasteiger partial charge is 0.469 e. The highest BCUT2D eigenvalue weighted by molar-refractivity contribution is 5.79. The average molecular weight is 355 g/mol. The summed E-state index contributed by atoms with van der Waals surface area (Å²) >= 11 is 0. The Morgan fingerprint density at radius 2 is 2.04 bits per heavy atom. The van der Waals surface area contributed by atoms with Crippen molar-refractivity contribution in [3.8, 4) is 0 Å². The molecule has 3 rings (SSSR count). The molecule has 26 heavy (non-hydrogen) atoms. The van der Waals surface area contributed by atoms with Crippen molar-refractivity contribution in [2.24, 2.45) is 10.9 Å². The summed E-state index contributed by atoms with van der Waals surface area (Å²) in [6, 6.07) is 12.4. The molecule has 5 nitrogen and oxygen atoms in total. The van der Waals surface area contributed by atoms with E-state index in [0.717, 1.165) is 57.3 Å². The van der Waals surface area contributed by atoms with Crippen molar-refractivity contribution >= 4 is 5.96 Å². The zero-order valence-corrected chi connectivity index (χ0v) is 15.5. The van der Waals surface area contributed by atoms with Crippen LogP contribution in [-0.2, 0) is 24.1 Å². The van der Waals surface area contributed by atoms with Crippen molar-refractivity contribution in [2.75, 3.05) is 26.3 Å². The molecule has 1 aliphatic rings. The Labute approximate surface area is 155 Å². The minimum Gasteiger partial charge on any atom is -0.469 e. The molecule has 0 bridgehead atoms. The molecule has 0 radical (unpaired) electrons. The van der Waals surface area contributed by atoms with Crippen LogP contribution in [-0.4, -0.2) is 32.3 Å². The molecular weight excluding hydrogens is 326 g/mol. The predicted octanol–water partition coefficient (Wildman–Crippen LogP) is 3.16. The zero-order valence-electron chi connectivity index (χ0n) is 15.5. The van der Waals surface area contributed by atoms with E-state index in [1.54, 1.807) is 6.26 Å². The molecule has 1 unspecified atom stereocenters. The van der Waals surface area contributed by atoms with E-state index in [2.05, 4.69) is 41.8 Å². The molecule has 5 heteroatoms. The SMILES string of the molecule is CCc1ccccc1CN=C(NCCc1ccco1)NCC1CCOC1. The molecule has 1 aromatic heterocycles. The van der Waals surface area contributed by atoms with Gasteiger partial charge in [0.25, 0.3) is 0 Å². The lowest BCUT2D eigenvalue weighted by atomic mass is 10.1. The number of aliphatic imine (C=N–C) groups is 1. The third kappa shape index (κ3) is 5.63. The van der Waals surface area contributed by atoms with Crippen molar-refractivity contribution in [3.05, 3.63) is 59.5 Å². The number of rotatable bonds is 8. The third-order valence-corrected chi connectivity index (χ3v) is 4.73. The van der Waals surface area contributed by atoms with E-state index in [0.29, 0.717) is 12.5 Å². The van der Waals surface area contributed by atoms with Gasteiger partial charge in [0.15, 0.2) is 5.96 Å². The van der Waals surface area contributed by atoms with Gasteiger partial charge in [-0.05, 0) is 36.1 Å². The highest BCUT2D eigenvalue weighted by atomic mass is 16.5. The second-order valence-electron chi connectivity index (χ2n) is 6.65. The number of benzene rings is 1. The van der Waals surface area contributed by atoms with E-state index < -0.39 is 0 Å². The summed E-state index contributed by atoms with van der Waals surface area (Å²) in [5, 5.41) is 6.91. The van der Waals surface area contributed by atoms with Gasteiger partial charge in [-0.3, -0.25) is 0 Å². The summed E-state index contributed by atoms with van der Waals surface area (Å²) in [5.41, 5.74) is 2.64. The Bertz CT molecular complexity index is 676. The Morgan fingerprint density at radius 3 is 2.77 bits per heavy atom. The van der Waals surface area contributed by atoms with Gasteiger partial charge >= 0.3 is 0 Å². The van der Waals surface area contributed by atoms with Gasteiger partial charge in [0.2, 0.25) is 0 Å². The molecule has 1 aromatic carbocycles. The summed E-state index contributed by atoms with van der Waals surface area (Å²) in [7, 11) is 0. The molecule has 1 fully saturated rings. The summed E-state index contributed by atoms with van der Waals surface area (Å²) in [5.74, 6) is 2.40. The third-order valence-electron chi connectivity index (χ3n) is 4.73. The van der Waals surface area contributed by atoms with E-state index in [4.69, 9.17) is 14.1 Å². The first-order chi connectivity index (χ1) is 12.8. The van der Waals surface area contributed by atoms with Crippen LogP contribution < -0.4 is 10.6 Å². The molecule has 0 aliphatic carbocycles. The van der Waals surface area contributed by atoms with E-state index in [1.807, 2.05) is 12.1 Å². The van der Waals surface area contributed by atoms with Crippen LogP contribution in [0.15, 0.2) is 52.1 Å². The van der Waals surface area contributed by atoms with E-state index in [1.165, 1.54) is 11.1 Å². The standard InChI is InChI=1S/C21H29N3O2/c1-2-18-6-3-4-7-19(18)15-24-21(23-14-17-10-13-25-16-17)22-11-9-20-8-5-12-26-20/h3-8,12,17H,2,9-11,13-16H2,1H3,(H2,22,23,24). The fourth-order valence-electron chi connectivity index (χ4n) is 3.14. The number of hydrogen-bond donors (Lipinski definition) is 2. The minimum absolute atomic E-state index is 0.565. The maximum atomic E-state index is 5.47. The maximum Gasteiger partial charge on any atom is 0.191 e. The van der Waals surface area contributed by atoms with Gasteiger partial charge in [-0.15, -0.1) is 0 Å². The van der Waals surface area contributed by atoms with Gasteiger partial charge < -0.3 is 19.8 Å². The lowest BCUT2D eigenvalue weighted by Crippen LogP contribution is -2.41. The summed E-state index contributed by atoms with van der Waals surface area (Å²) in [4.78, 5) is 4.81. The molecular formula is C21H29N3O2. The quantitative estimate of drug-likeness (QED) is 0.564. The van der Waals surface area contributed by atoms with Gasteiger partial charge in [0.05, 0.1) is 19.4 Å². The molecule has 1 saturated heterocycles. The lowest BCUT2D eigenvalue weighted by molar-refractivity contribution is 0.186. The van der Waals surface area contributed by atoms with E-state index in [-0.39, 0.29) is 0 Å². The Kier molecular flexibility index (Phi) is 7.14. The molecule has 1 aliphatic heterocycles. The first-order valence-corrected chi connectivity index (χ1v) is 9.54. The van der Waals surface area contributed by atoms with Crippen molar-refractivity contribution in [1.29, 1.82) is 0 Å². The summed E-state index contributed by atoms with van der Waals surface area (Å²) in [6.45, 7) is 6.25. The van der Waals surface area contributed by atoms with Gasteiger partial charge in [0, 0.05) is 32.0 Å². The van der Waals surface area contributed by atoms with E-state index >= 15 is 0 Å².